The van der Waals surface area contributed by atoms with Crippen LogP contribution in [0.3, 0.4) is 0 Å². The van der Waals surface area contributed by atoms with E-state index in [4.69, 9.17) is 4.74 Å². The van der Waals surface area contributed by atoms with Gasteiger partial charge in [-0.1, -0.05) is 41.6 Å². The molecule has 0 saturated heterocycles. The molecule has 15 heavy (non-hydrogen) atoms. The molecule has 0 bridgehead atoms. The molecule has 4 heteroatoms. The normalized spacial score (nSPS) is 23.5. The largest absolute Gasteiger partial charge is 0.455 e. The van der Waals surface area contributed by atoms with Crippen LogP contribution in [-0.4, -0.2) is 20.1 Å². The Balaban J connectivity index is 2.73. The first-order valence-corrected chi connectivity index (χ1v) is 9.58. The maximum atomic E-state index is 11.0. The predicted octanol–water partition coefficient (Wildman–Crippen LogP) is 3.48. The number of hydrogen-bond donors (Lipinski definition) is 0. The van der Waals surface area contributed by atoms with Crippen LogP contribution in [0.5, 0.6) is 0 Å². The fourth-order valence-electron chi connectivity index (χ4n) is 1.78. The molecule has 0 radical (unpaired) electrons. The number of cyclic esters (lactones) is 1. The van der Waals surface area contributed by atoms with Gasteiger partial charge in [0.15, 0.2) is 0 Å². The Hall–Kier alpha value is -0.353. The van der Waals surface area contributed by atoms with Crippen molar-refractivity contribution in [2.24, 2.45) is 0 Å². The van der Waals surface area contributed by atoms with Gasteiger partial charge in [-0.3, -0.25) is 0 Å². The Morgan fingerprint density at radius 3 is 2.67 bits per heavy atom. The van der Waals surface area contributed by atoms with E-state index in [0.717, 1.165) is 6.42 Å². The summed E-state index contributed by atoms with van der Waals surface area (Å²) < 4.78 is 5.28. The van der Waals surface area contributed by atoms with Crippen LogP contribution in [0.4, 0.5) is 0 Å². The molecule has 1 aliphatic rings. The first kappa shape index (κ1) is 12.7. The third-order valence-corrected chi connectivity index (χ3v) is 5.83. The molecule has 0 aromatic carbocycles. The Bertz CT molecular complexity index is 291. The van der Waals surface area contributed by atoms with Crippen molar-refractivity contribution in [2.45, 2.75) is 37.7 Å². The van der Waals surface area contributed by atoms with Crippen molar-refractivity contribution in [1.82, 2.24) is 0 Å². The number of allylic oxidation sites excluding steroid dienone is 1. The second kappa shape index (κ2) is 5.12. The quantitative estimate of drug-likeness (QED) is 0.585. The molecule has 2 nitrogen and oxygen atoms in total. The lowest BCUT2D eigenvalue weighted by Crippen LogP contribution is -2.35. The van der Waals surface area contributed by atoms with Crippen molar-refractivity contribution in [1.29, 1.82) is 0 Å². The molecular formula is C11H17BrO2Si. The molecule has 0 aromatic rings. The molecule has 0 aliphatic carbocycles. The van der Waals surface area contributed by atoms with Gasteiger partial charge in [-0.2, -0.15) is 0 Å². The molecule has 0 saturated carbocycles. The molecular weight excluding hydrogens is 272 g/mol. The van der Waals surface area contributed by atoms with Crippen LogP contribution in [0.1, 0.15) is 6.42 Å². The van der Waals surface area contributed by atoms with Gasteiger partial charge in [0.05, 0.1) is 8.07 Å². The van der Waals surface area contributed by atoms with E-state index in [1.54, 1.807) is 0 Å². The lowest BCUT2D eigenvalue weighted by Gasteiger charge is -2.31. The molecule has 0 N–H and O–H groups in total. The first-order valence-electron chi connectivity index (χ1n) is 5.09. The van der Waals surface area contributed by atoms with Crippen molar-refractivity contribution >= 4 is 30.0 Å². The van der Waals surface area contributed by atoms with Crippen LogP contribution in [-0.2, 0) is 9.53 Å². The highest BCUT2D eigenvalue weighted by Gasteiger charge is 2.35. The van der Waals surface area contributed by atoms with Crippen LogP contribution in [0.25, 0.3) is 0 Å². The van der Waals surface area contributed by atoms with Gasteiger partial charge in [0.1, 0.15) is 6.10 Å². The van der Waals surface area contributed by atoms with Gasteiger partial charge in [-0.15, -0.1) is 0 Å². The Labute approximate surface area is 101 Å². The second-order valence-electron chi connectivity index (χ2n) is 4.83. The lowest BCUT2D eigenvalue weighted by atomic mass is 10.2. The highest BCUT2D eigenvalue weighted by atomic mass is 79.9. The van der Waals surface area contributed by atoms with Gasteiger partial charge in [-0.25, -0.2) is 4.79 Å². The highest BCUT2D eigenvalue weighted by molar-refractivity contribution is 9.11. The third kappa shape index (κ3) is 3.61. The molecule has 0 spiro atoms. The zero-order valence-corrected chi connectivity index (χ0v) is 12.0. The number of esters is 1. The minimum absolute atomic E-state index is 0.0205. The number of hydrogen-bond acceptors (Lipinski definition) is 2. The van der Waals surface area contributed by atoms with E-state index in [-0.39, 0.29) is 12.1 Å². The Kier molecular flexibility index (Phi) is 4.34. The summed E-state index contributed by atoms with van der Waals surface area (Å²) in [7, 11) is -1.32. The molecule has 0 unspecified atom stereocenters. The Morgan fingerprint density at radius 1 is 1.60 bits per heavy atom. The van der Waals surface area contributed by atoms with E-state index in [0.29, 0.717) is 5.54 Å². The summed E-state index contributed by atoms with van der Waals surface area (Å²) in [5.74, 6) is -0.203. The zero-order chi connectivity index (χ0) is 11.5. The molecule has 84 valence electrons. The molecule has 0 amide bonds. The monoisotopic (exact) mass is 288 g/mol. The van der Waals surface area contributed by atoms with Gasteiger partial charge in [0, 0.05) is 6.08 Å². The highest BCUT2D eigenvalue weighted by Crippen LogP contribution is 2.34. The number of halogens is 1. The SMILES string of the molecule is C[Si](C)(C)[C@@H](C/C=C/Br)[C@H]1C=CC(=O)O1. The third-order valence-electron chi connectivity index (χ3n) is 2.66. The first-order chi connectivity index (χ1) is 6.95. The molecule has 2 atom stereocenters. The summed E-state index contributed by atoms with van der Waals surface area (Å²) in [6.45, 7) is 6.92. The van der Waals surface area contributed by atoms with Crippen molar-refractivity contribution < 1.29 is 9.53 Å². The smallest absolute Gasteiger partial charge is 0.331 e. The minimum atomic E-state index is -1.32. The maximum absolute atomic E-state index is 11.0. The van der Waals surface area contributed by atoms with Gasteiger partial charge in [0.25, 0.3) is 0 Å². The summed E-state index contributed by atoms with van der Waals surface area (Å²) in [5, 5.41) is 0. The lowest BCUT2D eigenvalue weighted by molar-refractivity contribution is -0.138. The Morgan fingerprint density at radius 2 is 2.27 bits per heavy atom. The van der Waals surface area contributed by atoms with Crippen LogP contribution >= 0.6 is 15.9 Å². The maximum Gasteiger partial charge on any atom is 0.331 e. The summed E-state index contributed by atoms with van der Waals surface area (Å²) >= 11 is 3.27. The average Bonchev–Trinajstić information content (AvgIpc) is 2.50. The van der Waals surface area contributed by atoms with E-state index in [1.165, 1.54) is 6.08 Å². The van der Waals surface area contributed by atoms with E-state index in [1.807, 2.05) is 11.1 Å². The van der Waals surface area contributed by atoms with Crippen LogP contribution < -0.4 is 0 Å². The van der Waals surface area contributed by atoms with Crippen LogP contribution in [0, 0.1) is 0 Å². The van der Waals surface area contributed by atoms with Gasteiger partial charge in [-0.05, 0) is 23.0 Å². The fraction of sp³-hybridized carbons (Fsp3) is 0.545. The van der Waals surface area contributed by atoms with Crippen molar-refractivity contribution in [3.8, 4) is 0 Å². The van der Waals surface area contributed by atoms with E-state index >= 15 is 0 Å². The summed E-state index contributed by atoms with van der Waals surface area (Å²) in [6.07, 6.45) is 6.46. The van der Waals surface area contributed by atoms with Crippen LogP contribution in [0.15, 0.2) is 23.2 Å². The van der Waals surface area contributed by atoms with Crippen molar-refractivity contribution in [3.05, 3.63) is 23.2 Å². The number of ether oxygens (including phenoxy) is 1. The van der Waals surface area contributed by atoms with E-state index < -0.39 is 8.07 Å². The average molecular weight is 289 g/mol. The van der Waals surface area contributed by atoms with E-state index in [2.05, 4.69) is 41.6 Å². The zero-order valence-electron chi connectivity index (χ0n) is 9.37. The van der Waals surface area contributed by atoms with E-state index in [9.17, 15) is 4.79 Å². The number of carbonyl (C=O) groups is 1. The summed E-state index contributed by atoms with van der Waals surface area (Å²) in [6, 6.07) is 0. The summed E-state index contributed by atoms with van der Waals surface area (Å²) in [4.78, 5) is 12.9. The second-order valence-corrected chi connectivity index (χ2v) is 10.8. The minimum Gasteiger partial charge on any atom is -0.455 e. The molecule has 0 aromatic heterocycles. The molecule has 1 rings (SSSR count). The summed E-state index contributed by atoms with van der Waals surface area (Å²) in [5.41, 5.74) is 0.453. The van der Waals surface area contributed by atoms with Crippen molar-refractivity contribution in [2.75, 3.05) is 0 Å². The van der Waals surface area contributed by atoms with Crippen LogP contribution in [0.2, 0.25) is 25.2 Å². The molecule has 1 aliphatic heterocycles. The number of rotatable bonds is 4. The standard InChI is InChI=1S/C11H17BrO2Si/c1-15(2,3)10(5-4-8-12)9-6-7-11(13)14-9/h4,6-10H,5H2,1-3H3/b8-4+/t9-,10+/m1/s1. The number of carbonyl (C=O) groups excluding carboxylic acids is 1. The van der Waals surface area contributed by atoms with Gasteiger partial charge < -0.3 is 4.74 Å². The van der Waals surface area contributed by atoms with Crippen molar-refractivity contribution in [3.63, 3.8) is 0 Å². The molecule has 0 fully saturated rings. The van der Waals surface area contributed by atoms with Gasteiger partial charge in [0.2, 0.25) is 0 Å². The fourth-order valence-corrected chi connectivity index (χ4v) is 4.00. The molecule has 1 heterocycles. The topological polar surface area (TPSA) is 26.3 Å². The van der Waals surface area contributed by atoms with Gasteiger partial charge >= 0.3 is 5.97 Å². The predicted molar refractivity (Wildman–Crippen MR) is 68.8 cm³/mol.